The van der Waals surface area contributed by atoms with Gasteiger partial charge in [0.2, 0.25) is 23.5 Å². The van der Waals surface area contributed by atoms with Gasteiger partial charge in [-0.1, -0.05) is 113 Å². The van der Waals surface area contributed by atoms with E-state index in [1.807, 2.05) is 36.4 Å². The molecule has 7 N–H and O–H groups in total. The lowest BCUT2D eigenvalue weighted by molar-refractivity contribution is -0.384. The highest BCUT2D eigenvalue weighted by atomic mass is 79.9. The van der Waals surface area contributed by atoms with E-state index in [9.17, 15) is 46.6 Å². The van der Waals surface area contributed by atoms with Crippen molar-refractivity contribution >= 4 is 50.8 Å². The number of nitrogens with one attached hydrogen (secondary N) is 5. The molecule has 0 bridgehead atoms. The molecule has 2 heterocycles. The van der Waals surface area contributed by atoms with Crippen molar-refractivity contribution in [3.8, 4) is 11.5 Å². The van der Waals surface area contributed by atoms with Crippen molar-refractivity contribution in [2.24, 2.45) is 17.6 Å². The summed E-state index contributed by atoms with van der Waals surface area (Å²) in [5.41, 5.74) is 8.39. The third-order valence-corrected chi connectivity index (χ3v) is 13.1. The Kier molecular flexibility index (Phi) is 22.3. The van der Waals surface area contributed by atoms with Crippen molar-refractivity contribution in [1.29, 1.82) is 0 Å². The molecule has 25 heteroatoms. The molecule has 8 rings (SSSR count). The topological polar surface area (TPSA) is 242 Å². The van der Waals surface area contributed by atoms with Crippen LogP contribution in [0.1, 0.15) is 73.6 Å². The predicted octanol–water partition coefficient (Wildman–Crippen LogP) is 12.1. The maximum absolute atomic E-state index is 12.7. The third-order valence-electron chi connectivity index (χ3n) is 12.5. The van der Waals surface area contributed by atoms with Gasteiger partial charge in [-0.15, -0.1) is 26.3 Å². The van der Waals surface area contributed by atoms with Gasteiger partial charge in [0.05, 0.1) is 9.85 Å². The molecule has 2 saturated carbocycles. The van der Waals surface area contributed by atoms with Gasteiger partial charge in [0.1, 0.15) is 23.9 Å². The molecule has 0 amide bonds. The lowest BCUT2D eigenvalue weighted by atomic mass is 9.86. The van der Waals surface area contributed by atoms with Gasteiger partial charge in [0.15, 0.2) is 0 Å². The minimum Gasteiger partial charge on any atom is -0.405 e. The minimum absolute atomic E-state index is 0.0422. The fraction of sp³-hybridized carbons (Fsp3) is 0.385. The molecule has 2 aliphatic carbocycles. The number of nitro groups is 2. The molecule has 6 aromatic rings. The first kappa shape index (κ1) is 58.9. The molecule has 0 saturated heterocycles. The summed E-state index contributed by atoms with van der Waals surface area (Å²) in [6.07, 6.45) is 0.130. The van der Waals surface area contributed by atoms with Gasteiger partial charge in [-0.2, -0.15) is 9.97 Å². The maximum Gasteiger partial charge on any atom is 0.573 e. The number of anilines is 4. The Morgan fingerprint density at radius 1 is 0.558 bits per heavy atom. The standard InChI is InChI=1S/C26H29F3N6O3.C19H23F3N6O3.C7H7Br/c27-26(28,29)38-23-9-5-4-8-20(23)16-32-25-33-17-22(35(36)37)24(34-25)31-15-19-10-12-21(13-11-19)30-14-18-6-2-1-3-7-18;20-19(21,22)31-16-4-2-1-3-13(16)10-25-18-26-11-15(28(29)30)17(27-18)24-9-12-5-7-14(23)8-6-12;8-6-7-4-2-1-3-5-7/h1-9,17,19,21,30H,10-16H2,(H2,31,32,33,34);1-4,11-12,14H,5-10,23H2,(H2,24,25,26,27);1-5H,6H2. The van der Waals surface area contributed by atoms with Crippen LogP contribution in [0.15, 0.2) is 122 Å². The average molecular weight is 1140 g/mol. The zero-order valence-electron chi connectivity index (χ0n) is 41.6. The Balaban J connectivity index is 0.000000221. The summed E-state index contributed by atoms with van der Waals surface area (Å²) in [4.78, 5) is 37.9. The number of ether oxygens (including phenoxy) is 2. The summed E-state index contributed by atoms with van der Waals surface area (Å²) in [7, 11) is 0. The number of aromatic nitrogens is 4. The number of nitrogens with two attached hydrogens (primary N) is 1. The monoisotopic (exact) mass is 1140 g/mol. The van der Waals surface area contributed by atoms with E-state index in [0.717, 1.165) is 75.6 Å². The molecular formula is C52H59BrF6N12O6. The quantitative estimate of drug-likeness (QED) is 0.0180. The number of nitrogens with zero attached hydrogens (tertiary/aromatic N) is 6. The molecule has 0 radical (unpaired) electrons. The van der Waals surface area contributed by atoms with Crippen LogP contribution in [0.25, 0.3) is 0 Å². The van der Waals surface area contributed by atoms with Crippen LogP contribution >= 0.6 is 15.9 Å². The summed E-state index contributed by atoms with van der Waals surface area (Å²) in [5.74, 6) is 0.183. The number of halogens is 7. The fourth-order valence-electron chi connectivity index (χ4n) is 8.42. The predicted molar refractivity (Wildman–Crippen MR) is 283 cm³/mol. The van der Waals surface area contributed by atoms with Crippen LogP contribution in [0.5, 0.6) is 11.5 Å². The van der Waals surface area contributed by atoms with Crippen molar-refractivity contribution in [3.63, 3.8) is 0 Å². The maximum atomic E-state index is 12.7. The number of hydrogen-bond acceptors (Lipinski definition) is 16. The third kappa shape index (κ3) is 20.6. The fourth-order valence-corrected chi connectivity index (χ4v) is 8.79. The van der Waals surface area contributed by atoms with Gasteiger partial charge in [-0.3, -0.25) is 20.2 Å². The average Bonchev–Trinajstić information content (AvgIpc) is 3.42. The Bertz CT molecular complexity index is 2780. The van der Waals surface area contributed by atoms with E-state index in [2.05, 4.69) is 96.2 Å². The zero-order chi connectivity index (χ0) is 55.2. The van der Waals surface area contributed by atoms with Gasteiger partial charge in [-0.25, -0.2) is 9.97 Å². The Labute approximate surface area is 448 Å². The van der Waals surface area contributed by atoms with Gasteiger partial charge in [0, 0.05) is 61.3 Å². The Morgan fingerprint density at radius 3 is 1.36 bits per heavy atom. The second-order valence-corrected chi connectivity index (χ2v) is 18.7. The highest BCUT2D eigenvalue weighted by molar-refractivity contribution is 9.08. The first-order chi connectivity index (χ1) is 36.9. The number of alkyl halides is 7. The molecule has 18 nitrogen and oxygen atoms in total. The second-order valence-electron chi connectivity index (χ2n) is 18.1. The number of para-hydroxylation sites is 2. The molecule has 77 heavy (non-hydrogen) atoms. The summed E-state index contributed by atoms with van der Waals surface area (Å²) in [6.45, 7) is 1.72. The lowest BCUT2D eigenvalue weighted by Crippen LogP contribution is -2.34. The molecule has 2 aromatic heterocycles. The molecule has 0 unspecified atom stereocenters. The van der Waals surface area contributed by atoms with Crippen molar-refractivity contribution in [1.82, 2.24) is 25.3 Å². The van der Waals surface area contributed by atoms with Gasteiger partial charge in [-0.05, 0) is 86.5 Å². The molecule has 0 aliphatic heterocycles. The highest BCUT2D eigenvalue weighted by Crippen LogP contribution is 2.32. The molecule has 0 atom stereocenters. The number of rotatable bonds is 20. The van der Waals surface area contributed by atoms with E-state index >= 15 is 0 Å². The van der Waals surface area contributed by atoms with E-state index in [1.54, 1.807) is 12.1 Å². The first-order valence-electron chi connectivity index (χ1n) is 24.7. The lowest BCUT2D eigenvalue weighted by Gasteiger charge is -2.29. The van der Waals surface area contributed by atoms with Crippen LogP contribution in [0, 0.1) is 32.1 Å². The van der Waals surface area contributed by atoms with Crippen molar-refractivity contribution < 1.29 is 45.7 Å². The normalized spacial score (nSPS) is 17.2. The summed E-state index contributed by atoms with van der Waals surface area (Å²) >= 11 is 3.36. The van der Waals surface area contributed by atoms with Crippen LogP contribution < -0.4 is 41.8 Å². The van der Waals surface area contributed by atoms with Crippen LogP contribution in [0.2, 0.25) is 0 Å². The van der Waals surface area contributed by atoms with Crippen molar-refractivity contribution in [2.45, 2.75) is 101 Å². The summed E-state index contributed by atoms with van der Waals surface area (Å²) < 4.78 is 83.8. The molecular weight excluding hydrogens is 1080 g/mol. The van der Waals surface area contributed by atoms with E-state index < -0.39 is 22.6 Å². The largest absolute Gasteiger partial charge is 0.573 e. The van der Waals surface area contributed by atoms with Crippen LogP contribution in [-0.4, -0.2) is 67.7 Å². The molecule has 0 spiro atoms. The first-order valence-corrected chi connectivity index (χ1v) is 25.8. The summed E-state index contributed by atoms with van der Waals surface area (Å²) in [5, 5.41) is 39.1. The van der Waals surface area contributed by atoms with Gasteiger partial charge < -0.3 is 41.8 Å². The van der Waals surface area contributed by atoms with Crippen LogP contribution in [0.3, 0.4) is 0 Å². The van der Waals surface area contributed by atoms with Crippen molar-refractivity contribution in [2.75, 3.05) is 34.4 Å². The minimum atomic E-state index is -4.83. The molecule has 412 valence electrons. The second kappa shape index (κ2) is 29.2. The molecule has 4 aromatic carbocycles. The van der Waals surface area contributed by atoms with Crippen molar-refractivity contribution in [3.05, 3.63) is 164 Å². The molecule has 2 aliphatic rings. The van der Waals surface area contributed by atoms with E-state index in [4.69, 9.17) is 5.73 Å². The Hall–Kier alpha value is -7.38. The molecule has 2 fully saturated rings. The van der Waals surface area contributed by atoms with E-state index in [-0.39, 0.29) is 76.7 Å². The van der Waals surface area contributed by atoms with E-state index in [1.165, 1.54) is 47.5 Å². The Morgan fingerprint density at radius 2 is 0.961 bits per heavy atom. The van der Waals surface area contributed by atoms with Crippen LogP contribution in [-0.2, 0) is 25.0 Å². The zero-order valence-corrected chi connectivity index (χ0v) is 43.2. The number of hydrogen-bond donors (Lipinski definition) is 6. The van der Waals surface area contributed by atoms with Crippen LogP contribution in [0.4, 0.5) is 61.2 Å². The highest BCUT2D eigenvalue weighted by Gasteiger charge is 2.33. The SMILES string of the molecule is BrCc1ccccc1.NC1CCC(CNc2nc(NCc3ccccc3OC(F)(F)F)ncc2[N+](=O)[O-])CC1.O=[N+]([O-])c1cnc(NCc2ccccc2OC(F)(F)F)nc1NCC1CCC(NCc2ccccc2)CC1. The summed E-state index contributed by atoms with van der Waals surface area (Å²) in [6, 6.07) is 32.5. The van der Waals surface area contributed by atoms with E-state index in [0.29, 0.717) is 31.0 Å². The number of benzene rings is 4. The smallest absolute Gasteiger partial charge is 0.405 e. The van der Waals surface area contributed by atoms with Gasteiger partial charge >= 0.3 is 24.1 Å². The van der Waals surface area contributed by atoms with Gasteiger partial charge in [0.25, 0.3) is 0 Å².